The Morgan fingerprint density at radius 2 is 1.16 bits per heavy atom. The number of nitrogens with one attached hydrogen (secondary N) is 4. The molecule has 1 rings (SSSR count). The molecule has 0 fully saturated rings. The zero-order valence-electron chi connectivity index (χ0n) is 33.6. The van der Waals surface area contributed by atoms with Crippen LogP contribution in [0.1, 0.15) is 36.0 Å². The van der Waals surface area contributed by atoms with Crippen molar-refractivity contribution in [3.05, 3.63) is 28.8 Å². The number of unbranched alkanes of at least 4 members (excludes halogenated alkanes) is 1. The number of ether oxygens (including phenoxy) is 8. The fourth-order valence-electron chi connectivity index (χ4n) is 5.05. The summed E-state index contributed by atoms with van der Waals surface area (Å²) in [4.78, 5) is 61.9. The second kappa shape index (κ2) is 32.9. The molecule has 0 unspecified atom stereocenters. The topological polar surface area (TPSA) is 280 Å². The molecule has 0 heterocycles. The molecular formula is C37H64N6O14. The Bertz CT molecular complexity index is 1280. The number of aryl methyl sites for hydroxylation is 2. The van der Waals surface area contributed by atoms with E-state index in [2.05, 4.69) is 21.3 Å². The van der Waals surface area contributed by atoms with E-state index in [1.54, 1.807) is 33.1 Å². The lowest BCUT2D eigenvalue weighted by Crippen LogP contribution is -2.55. The van der Waals surface area contributed by atoms with Crippen molar-refractivity contribution >= 4 is 29.7 Å². The zero-order chi connectivity index (χ0) is 42.1. The first-order valence-corrected chi connectivity index (χ1v) is 19.0. The van der Waals surface area contributed by atoms with E-state index in [0.29, 0.717) is 103 Å². The number of hydrogen-bond donors (Lipinski definition) is 7. The fraction of sp³-hybridized carbons (Fsp3) is 0.703. The lowest BCUT2D eigenvalue weighted by Gasteiger charge is -2.24. The van der Waals surface area contributed by atoms with Gasteiger partial charge in [0.25, 0.3) is 0 Å². The van der Waals surface area contributed by atoms with Crippen molar-refractivity contribution in [3.63, 3.8) is 0 Å². The lowest BCUT2D eigenvalue weighted by atomic mass is 9.95. The van der Waals surface area contributed by atoms with Gasteiger partial charge in [0.15, 0.2) is 0 Å². The minimum absolute atomic E-state index is 0.0291. The van der Waals surface area contributed by atoms with Crippen molar-refractivity contribution in [2.45, 2.75) is 51.6 Å². The minimum Gasteiger partial charge on any atom is -0.508 e. The molecule has 0 spiro atoms. The first-order valence-electron chi connectivity index (χ1n) is 19.0. The third kappa shape index (κ3) is 26.4. The number of carbonyl (C=O) groups is 5. The number of primary amides is 1. The van der Waals surface area contributed by atoms with Gasteiger partial charge in [-0.05, 0) is 61.9 Å². The molecule has 0 aliphatic heterocycles. The summed E-state index contributed by atoms with van der Waals surface area (Å²) in [6, 6.07) is 0.899. The van der Waals surface area contributed by atoms with Gasteiger partial charge in [-0.3, -0.25) is 19.2 Å². The molecule has 326 valence electrons. The number of benzene rings is 1. The Hall–Kier alpha value is -4.15. The SMILES string of the molecule is COCCOCCOCCOCCOCCOCCOCCOC(=O)NCCCC[C@H](NC(=O)[C@H](Cc1c(C)cc(O)cc1C)NC(=O)CN)C(=O)NCC(N)=O. The van der Waals surface area contributed by atoms with E-state index in [-0.39, 0.29) is 44.9 Å². The highest BCUT2D eigenvalue weighted by Gasteiger charge is 2.28. The third-order valence-corrected chi connectivity index (χ3v) is 7.94. The minimum atomic E-state index is -1.10. The van der Waals surface area contributed by atoms with Gasteiger partial charge in [0, 0.05) is 20.1 Å². The largest absolute Gasteiger partial charge is 0.508 e. The van der Waals surface area contributed by atoms with Crippen molar-refractivity contribution in [2.75, 3.05) is 119 Å². The van der Waals surface area contributed by atoms with E-state index < -0.39 is 48.4 Å². The predicted octanol–water partition coefficient (Wildman–Crippen LogP) is -1.28. The highest BCUT2D eigenvalue weighted by Crippen LogP contribution is 2.22. The van der Waals surface area contributed by atoms with Gasteiger partial charge in [-0.2, -0.15) is 0 Å². The average molecular weight is 817 g/mol. The first-order chi connectivity index (χ1) is 27.5. The highest BCUT2D eigenvalue weighted by molar-refractivity contribution is 5.93. The summed E-state index contributed by atoms with van der Waals surface area (Å²) in [5.74, 6) is -2.59. The van der Waals surface area contributed by atoms with Crippen molar-refractivity contribution in [2.24, 2.45) is 11.5 Å². The van der Waals surface area contributed by atoms with Crippen LogP contribution in [-0.2, 0) is 63.5 Å². The number of phenolic OH excluding ortho intramolecular Hbond substituents is 1. The molecule has 1 aromatic carbocycles. The Morgan fingerprint density at radius 3 is 1.63 bits per heavy atom. The normalized spacial score (nSPS) is 12.1. The number of methoxy groups -OCH3 is 1. The van der Waals surface area contributed by atoms with E-state index in [4.69, 9.17) is 49.4 Å². The van der Waals surface area contributed by atoms with Crippen molar-refractivity contribution < 1.29 is 67.0 Å². The summed E-state index contributed by atoms with van der Waals surface area (Å²) in [7, 11) is 1.62. The molecule has 0 bridgehead atoms. The van der Waals surface area contributed by atoms with Gasteiger partial charge in [0.2, 0.25) is 23.6 Å². The number of phenols is 1. The van der Waals surface area contributed by atoms with Gasteiger partial charge in [-0.15, -0.1) is 0 Å². The molecule has 20 heteroatoms. The van der Waals surface area contributed by atoms with Crippen LogP contribution in [0.2, 0.25) is 0 Å². The molecule has 2 atom stereocenters. The molecule has 20 nitrogen and oxygen atoms in total. The molecule has 9 N–H and O–H groups in total. The molecule has 1 aromatic rings. The number of nitrogens with two attached hydrogens (primary N) is 2. The Labute approximate surface area is 334 Å². The van der Waals surface area contributed by atoms with Gasteiger partial charge in [-0.25, -0.2) is 4.79 Å². The zero-order valence-corrected chi connectivity index (χ0v) is 33.6. The monoisotopic (exact) mass is 816 g/mol. The van der Waals surface area contributed by atoms with Crippen LogP contribution in [-0.4, -0.2) is 166 Å². The third-order valence-electron chi connectivity index (χ3n) is 7.94. The van der Waals surface area contributed by atoms with E-state index in [1.165, 1.54) is 0 Å². The summed E-state index contributed by atoms with van der Waals surface area (Å²) in [6.07, 6.45) is 0.372. The summed E-state index contributed by atoms with van der Waals surface area (Å²) in [5, 5.41) is 20.2. The summed E-state index contributed by atoms with van der Waals surface area (Å²) < 4.78 is 42.4. The van der Waals surface area contributed by atoms with Crippen molar-refractivity contribution in [1.82, 2.24) is 21.3 Å². The standard InChI is InChI=1S/C37H64N6O14/c1-27-22-29(44)23-28(2)30(27)24-32(42-34(46)25-38)36(48)43-31(35(47)41-26-33(39)45)6-4-5-7-40-37(49)57-21-20-56-19-18-55-17-16-54-15-14-53-13-12-52-11-10-51-9-8-50-3/h22-23,31-32,44H,4-21,24-26,38H2,1-3H3,(H2,39,45)(H,40,49)(H,41,47)(H,42,46)(H,43,48)/t31-,32-/m0/s1. The van der Waals surface area contributed by atoms with E-state index in [1.807, 2.05) is 0 Å². The van der Waals surface area contributed by atoms with Crippen LogP contribution in [0.4, 0.5) is 4.79 Å². The maximum Gasteiger partial charge on any atom is 0.407 e. The number of aromatic hydroxyl groups is 1. The molecule has 57 heavy (non-hydrogen) atoms. The first kappa shape index (κ1) is 50.9. The van der Waals surface area contributed by atoms with E-state index >= 15 is 0 Å². The second-order valence-corrected chi connectivity index (χ2v) is 12.6. The summed E-state index contributed by atoms with van der Waals surface area (Å²) in [6.45, 7) is 8.59. The van der Waals surface area contributed by atoms with Crippen molar-refractivity contribution in [3.8, 4) is 5.75 Å². The predicted molar refractivity (Wildman–Crippen MR) is 206 cm³/mol. The molecule has 0 aliphatic rings. The number of hydrogen-bond acceptors (Lipinski definition) is 15. The van der Waals surface area contributed by atoms with Gasteiger partial charge < -0.3 is 75.7 Å². The van der Waals surface area contributed by atoms with Crippen LogP contribution in [0, 0.1) is 13.8 Å². The molecule has 0 aliphatic carbocycles. The van der Waals surface area contributed by atoms with Gasteiger partial charge in [0.05, 0.1) is 99.0 Å². The Morgan fingerprint density at radius 1 is 0.667 bits per heavy atom. The molecular weight excluding hydrogens is 752 g/mol. The highest BCUT2D eigenvalue weighted by atomic mass is 16.6. The maximum absolute atomic E-state index is 13.4. The summed E-state index contributed by atoms with van der Waals surface area (Å²) in [5.41, 5.74) is 12.8. The van der Waals surface area contributed by atoms with Gasteiger partial charge in [0.1, 0.15) is 24.4 Å². The van der Waals surface area contributed by atoms with E-state index in [0.717, 1.165) is 5.56 Å². The van der Waals surface area contributed by atoms with Gasteiger partial charge >= 0.3 is 6.09 Å². The van der Waals surface area contributed by atoms with Crippen LogP contribution < -0.4 is 32.7 Å². The lowest BCUT2D eigenvalue weighted by molar-refractivity contribution is -0.132. The summed E-state index contributed by atoms with van der Waals surface area (Å²) >= 11 is 0. The smallest absolute Gasteiger partial charge is 0.407 e. The van der Waals surface area contributed by atoms with Crippen LogP contribution in [0.25, 0.3) is 0 Å². The Kier molecular flexibility index (Phi) is 29.3. The van der Waals surface area contributed by atoms with Crippen LogP contribution in [0.5, 0.6) is 5.75 Å². The Balaban J connectivity index is 2.27. The number of amides is 5. The average Bonchev–Trinajstić information content (AvgIpc) is 3.17. The van der Waals surface area contributed by atoms with Crippen LogP contribution >= 0.6 is 0 Å². The second-order valence-electron chi connectivity index (χ2n) is 12.6. The molecule has 0 saturated carbocycles. The molecule has 0 saturated heterocycles. The number of carbonyl (C=O) groups excluding carboxylic acids is 5. The molecule has 0 aromatic heterocycles. The quantitative estimate of drug-likeness (QED) is 0.0393. The van der Waals surface area contributed by atoms with Gasteiger partial charge in [-0.1, -0.05) is 0 Å². The van der Waals surface area contributed by atoms with E-state index in [9.17, 15) is 29.1 Å². The number of alkyl carbamates (subject to hydrolysis) is 1. The maximum atomic E-state index is 13.4. The molecule has 0 radical (unpaired) electrons. The van der Waals surface area contributed by atoms with Crippen molar-refractivity contribution in [1.29, 1.82) is 0 Å². The molecule has 5 amide bonds. The fourth-order valence-corrected chi connectivity index (χ4v) is 5.05. The van der Waals surface area contributed by atoms with Crippen LogP contribution in [0.3, 0.4) is 0 Å². The number of rotatable bonds is 35. The van der Waals surface area contributed by atoms with Crippen LogP contribution in [0.15, 0.2) is 12.1 Å².